The summed E-state index contributed by atoms with van der Waals surface area (Å²) in [6.07, 6.45) is 1.05. The second-order valence-corrected chi connectivity index (χ2v) is 5.76. The van der Waals surface area contributed by atoms with Gasteiger partial charge in [-0.2, -0.15) is 0 Å². The van der Waals surface area contributed by atoms with Crippen molar-refractivity contribution in [1.29, 1.82) is 0 Å². The molecule has 1 amide bonds. The SMILES string of the molecule is CNC1CCN(C(=O)c2cc3ccccc3s2)C1.Cl. The van der Waals surface area contributed by atoms with Crippen molar-refractivity contribution in [2.75, 3.05) is 20.1 Å². The van der Waals surface area contributed by atoms with Crippen molar-refractivity contribution < 1.29 is 4.79 Å². The van der Waals surface area contributed by atoms with E-state index in [4.69, 9.17) is 0 Å². The van der Waals surface area contributed by atoms with Gasteiger partial charge in [0.15, 0.2) is 0 Å². The highest BCUT2D eigenvalue weighted by atomic mass is 35.5. The van der Waals surface area contributed by atoms with Crippen LogP contribution in [0.4, 0.5) is 0 Å². The average molecular weight is 297 g/mol. The summed E-state index contributed by atoms with van der Waals surface area (Å²) in [7, 11) is 1.96. The maximum Gasteiger partial charge on any atom is 0.264 e. The van der Waals surface area contributed by atoms with E-state index in [9.17, 15) is 4.79 Å². The van der Waals surface area contributed by atoms with Gasteiger partial charge in [-0.25, -0.2) is 0 Å². The van der Waals surface area contributed by atoms with Gasteiger partial charge < -0.3 is 10.2 Å². The molecule has 2 aromatic rings. The van der Waals surface area contributed by atoms with Crippen LogP contribution >= 0.6 is 23.7 Å². The minimum Gasteiger partial charge on any atom is -0.336 e. The molecule has 19 heavy (non-hydrogen) atoms. The third kappa shape index (κ3) is 2.76. The molecule has 0 bridgehead atoms. The van der Waals surface area contributed by atoms with Crippen molar-refractivity contribution in [3.63, 3.8) is 0 Å². The van der Waals surface area contributed by atoms with Crippen molar-refractivity contribution in [2.45, 2.75) is 12.5 Å². The van der Waals surface area contributed by atoms with Crippen molar-refractivity contribution in [2.24, 2.45) is 0 Å². The molecule has 1 aromatic heterocycles. The minimum absolute atomic E-state index is 0. The van der Waals surface area contributed by atoms with Crippen molar-refractivity contribution >= 4 is 39.7 Å². The molecular weight excluding hydrogens is 280 g/mol. The number of likely N-dealkylation sites (tertiary alicyclic amines) is 1. The van der Waals surface area contributed by atoms with Crippen LogP contribution in [0.5, 0.6) is 0 Å². The molecule has 3 rings (SSSR count). The van der Waals surface area contributed by atoms with E-state index in [1.807, 2.05) is 30.1 Å². The van der Waals surface area contributed by atoms with Gasteiger partial charge in [0.25, 0.3) is 5.91 Å². The third-order valence-corrected chi connectivity index (χ3v) is 4.62. The van der Waals surface area contributed by atoms with Crippen LogP contribution in [0.3, 0.4) is 0 Å². The average Bonchev–Trinajstić information content (AvgIpc) is 3.04. The fraction of sp³-hybridized carbons (Fsp3) is 0.357. The summed E-state index contributed by atoms with van der Waals surface area (Å²) in [4.78, 5) is 15.2. The Balaban J connectivity index is 0.00000133. The summed E-state index contributed by atoms with van der Waals surface area (Å²) >= 11 is 1.59. The maximum atomic E-state index is 12.4. The molecule has 3 nitrogen and oxygen atoms in total. The van der Waals surface area contributed by atoms with Gasteiger partial charge in [-0.1, -0.05) is 18.2 Å². The van der Waals surface area contributed by atoms with Gasteiger partial charge in [0, 0.05) is 23.8 Å². The Morgan fingerprint density at radius 3 is 2.89 bits per heavy atom. The van der Waals surface area contributed by atoms with Crippen LogP contribution in [0.2, 0.25) is 0 Å². The highest BCUT2D eigenvalue weighted by Gasteiger charge is 2.26. The summed E-state index contributed by atoms with van der Waals surface area (Å²) in [5.41, 5.74) is 0. The van der Waals surface area contributed by atoms with Gasteiger partial charge in [-0.3, -0.25) is 4.79 Å². The van der Waals surface area contributed by atoms with Crippen LogP contribution in [0.1, 0.15) is 16.1 Å². The molecule has 0 radical (unpaired) electrons. The van der Waals surface area contributed by atoms with Crippen LogP contribution < -0.4 is 5.32 Å². The summed E-state index contributed by atoms with van der Waals surface area (Å²) < 4.78 is 1.19. The smallest absolute Gasteiger partial charge is 0.264 e. The summed E-state index contributed by atoms with van der Waals surface area (Å²) in [6, 6.07) is 10.6. The quantitative estimate of drug-likeness (QED) is 0.924. The molecule has 5 heteroatoms. The Kier molecular flexibility index (Phi) is 4.45. The molecule has 1 N–H and O–H groups in total. The van der Waals surface area contributed by atoms with E-state index in [-0.39, 0.29) is 18.3 Å². The first kappa shape index (κ1) is 14.3. The van der Waals surface area contributed by atoms with Gasteiger partial charge >= 0.3 is 0 Å². The Hall–Kier alpha value is -1.10. The van der Waals surface area contributed by atoms with E-state index in [0.29, 0.717) is 6.04 Å². The number of halogens is 1. The van der Waals surface area contributed by atoms with E-state index >= 15 is 0 Å². The largest absolute Gasteiger partial charge is 0.336 e. The number of thiophene rings is 1. The zero-order chi connectivity index (χ0) is 12.5. The van der Waals surface area contributed by atoms with Crippen LogP contribution in [0, 0.1) is 0 Å². The van der Waals surface area contributed by atoms with E-state index in [1.54, 1.807) is 11.3 Å². The van der Waals surface area contributed by atoms with Gasteiger partial charge in [-0.15, -0.1) is 23.7 Å². The number of carbonyl (C=O) groups excluding carboxylic acids is 1. The summed E-state index contributed by atoms with van der Waals surface area (Å²) in [5.74, 6) is 0.175. The Morgan fingerprint density at radius 1 is 1.42 bits per heavy atom. The third-order valence-electron chi connectivity index (χ3n) is 3.52. The predicted octanol–water partition coefficient (Wildman–Crippen LogP) is 2.76. The van der Waals surface area contributed by atoms with E-state index in [0.717, 1.165) is 29.8 Å². The van der Waals surface area contributed by atoms with Crippen molar-refractivity contribution in [3.8, 4) is 0 Å². The molecule has 1 saturated heterocycles. The molecule has 0 spiro atoms. The van der Waals surface area contributed by atoms with Crippen LogP contribution in [-0.4, -0.2) is 37.0 Å². The first-order valence-electron chi connectivity index (χ1n) is 6.23. The number of hydrogen-bond donors (Lipinski definition) is 1. The normalized spacial score (nSPS) is 18.6. The number of rotatable bonds is 2. The Labute approximate surface area is 123 Å². The van der Waals surface area contributed by atoms with Crippen molar-refractivity contribution in [3.05, 3.63) is 35.2 Å². The van der Waals surface area contributed by atoms with Gasteiger partial charge in [-0.05, 0) is 31.0 Å². The number of carbonyl (C=O) groups is 1. The highest BCUT2D eigenvalue weighted by Crippen LogP contribution is 2.27. The zero-order valence-electron chi connectivity index (χ0n) is 10.8. The van der Waals surface area contributed by atoms with E-state index in [2.05, 4.69) is 17.4 Å². The fourth-order valence-corrected chi connectivity index (χ4v) is 3.45. The van der Waals surface area contributed by atoms with Gasteiger partial charge in [0.1, 0.15) is 0 Å². The lowest BCUT2D eigenvalue weighted by atomic mass is 10.2. The zero-order valence-corrected chi connectivity index (χ0v) is 12.4. The number of nitrogens with zero attached hydrogens (tertiary/aromatic N) is 1. The number of amides is 1. The molecule has 1 unspecified atom stereocenters. The Morgan fingerprint density at radius 2 is 2.21 bits per heavy atom. The molecule has 0 saturated carbocycles. The van der Waals surface area contributed by atoms with E-state index < -0.39 is 0 Å². The second-order valence-electron chi connectivity index (χ2n) is 4.67. The molecule has 2 heterocycles. The van der Waals surface area contributed by atoms with Crippen LogP contribution in [0.25, 0.3) is 10.1 Å². The highest BCUT2D eigenvalue weighted by molar-refractivity contribution is 7.20. The summed E-state index contributed by atoms with van der Waals surface area (Å²) in [6.45, 7) is 1.68. The number of nitrogens with one attached hydrogen (secondary N) is 1. The second kappa shape index (κ2) is 5.90. The lowest BCUT2D eigenvalue weighted by molar-refractivity contribution is 0.0794. The molecule has 1 aliphatic rings. The first-order valence-corrected chi connectivity index (χ1v) is 7.04. The summed E-state index contributed by atoms with van der Waals surface area (Å²) in [5, 5.41) is 4.40. The number of likely N-dealkylation sites (N-methyl/N-ethyl adjacent to an activating group) is 1. The number of benzene rings is 1. The maximum absolute atomic E-state index is 12.4. The predicted molar refractivity (Wildman–Crippen MR) is 82.4 cm³/mol. The molecule has 102 valence electrons. The van der Waals surface area contributed by atoms with Crippen molar-refractivity contribution in [1.82, 2.24) is 10.2 Å². The molecule has 1 aliphatic heterocycles. The molecule has 1 atom stereocenters. The van der Waals surface area contributed by atoms with Crippen LogP contribution in [-0.2, 0) is 0 Å². The lowest BCUT2D eigenvalue weighted by Crippen LogP contribution is -2.33. The van der Waals surface area contributed by atoms with Gasteiger partial charge in [0.05, 0.1) is 4.88 Å². The van der Waals surface area contributed by atoms with Gasteiger partial charge in [0.2, 0.25) is 0 Å². The van der Waals surface area contributed by atoms with Crippen LogP contribution in [0.15, 0.2) is 30.3 Å². The standard InChI is InChI=1S/C14H16N2OS.ClH/c1-15-11-6-7-16(9-11)14(17)13-8-10-4-2-3-5-12(10)18-13;/h2-5,8,11,15H,6-7,9H2,1H3;1H. The lowest BCUT2D eigenvalue weighted by Gasteiger charge is -2.15. The molecular formula is C14H17ClN2OS. The van der Waals surface area contributed by atoms with E-state index in [1.165, 1.54) is 4.70 Å². The monoisotopic (exact) mass is 296 g/mol. The molecule has 1 aromatic carbocycles. The fourth-order valence-electron chi connectivity index (χ4n) is 2.42. The minimum atomic E-state index is 0. The number of fused-ring (bicyclic) bond motifs is 1. The molecule has 1 fully saturated rings. The first-order chi connectivity index (χ1) is 8.78. The number of hydrogen-bond acceptors (Lipinski definition) is 3. The topological polar surface area (TPSA) is 32.3 Å². The Bertz CT molecular complexity index is 551. The molecule has 0 aliphatic carbocycles.